The molecule has 0 aliphatic carbocycles. The van der Waals surface area contributed by atoms with Crippen LogP contribution in [0.5, 0.6) is 0 Å². The maximum absolute atomic E-state index is 12.0. The number of nitrogens with one attached hydrogen (secondary N) is 2. The molecule has 132 valence electrons. The molecule has 0 bridgehead atoms. The van der Waals surface area contributed by atoms with Gasteiger partial charge in [-0.05, 0) is 43.6 Å². The van der Waals surface area contributed by atoms with Crippen LogP contribution in [0.1, 0.15) is 18.4 Å². The third kappa shape index (κ3) is 5.52. The number of halogens is 1. The first-order valence-electron chi connectivity index (χ1n) is 8.24. The molecule has 8 heteroatoms. The standard InChI is InChI=1S/C17H20ClN5OS/c18-14-6-2-1-5-13(14)7-8-15(24)20-17-22-21-16(25-17)19-9-12-23-10-3-4-11-23/h1-2,5-8H,3-4,9-12H2,(H,19,21)(H,20,22,24)/b8-7+. The Morgan fingerprint density at radius 2 is 2.00 bits per heavy atom. The smallest absolute Gasteiger partial charge is 0.250 e. The molecule has 1 aromatic heterocycles. The van der Waals surface area contributed by atoms with Crippen LogP contribution in [0.15, 0.2) is 30.3 Å². The average Bonchev–Trinajstić information content (AvgIpc) is 3.26. The Balaban J connectivity index is 1.45. The van der Waals surface area contributed by atoms with Gasteiger partial charge >= 0.3 is 0 Å². The minimum Gasteiger partial charge on any atom is -0.359 e. The van der Waals surface area contributed by atoms with Crippen molar-refractivity contribution in [2.45, 2.75) is 12.8 Å². The van der Waals surface area contributed by atoms with Gasteiger partial charge in [0.25, 0.3) is 0 Å². The van der Waals surface area contributed by atoms with E-state index in [0.29, 0.717) is 15.3 Å². The quantitative estimate of drug-likeness (QED) is 0.724. The fraction of sp³-hybridized carbons (Fsp3) is 0.353. The minimum absolute atomic E-state index is 0.264. The number of hydrogen-bond donors (Lipinski definition) is 2. The van der Waals surface area contributed by atoms with E-state index in [1.54, 1.807) is 12.1 Å². The fourth-order valence-electron chi connectivity index (χ4n) is 2.60. The highest BCUT2D eigenvalue weighted by Crippen LogP contribution is 2.20. The second-order valence-corrected chi connectivity index (χ2v) is 7.12. The van der Waals surface area contributed by atoms with Gasteiger partial charge in [-0.25, -0.2) is 0 Å². The molecule has 1 saturated heterocycles. The molecule has 2 N–H and O–H groups in total. The molecule has 2 aromatic rings. The van der Waals surface area contributed by atoms with E-state index < -0.39 is 0 Å². The van der Waals surface area contributed by atoms with Gasteiger partial charge in [0.1, 0.15) is 0 Å². The summed E-state index contributed by atoms with van der Waals surface area (Å²) >= 11 is 7.38. The molecule has 1 amide bonds. The molecule has 6 nitrogen and oxygen atoms in total. The van der Waals surface area contributed by atoms with E-state index in [2.05, 4.69) is 25.7 Å². The van der Waals surface area contributed by atoms with Crippen LogP contribution in [0.4, 0.5) is 10.3 Å². The van der Waals surface area contributed by atoms with Gasteiger partial charge in [-0.1, -0.05) is 41.1 Å². The Morgan fingerprint density at radius 1 is 1.24 bits per heavy atom. The lowest BCUT2D eigenvalue weighted by molar-refractivity contribution is -0.111. The summed E-state index contributed by atoms with van der Waals surface area (Å²) in [4.78, 5) is 14.4. The third-order valence-corrected chi connectivity index (χ3v) is 5.02. The fourth-order valence-corrected chi connectivity index (χ4v) is 3.47. The Bertz CT molecular complexity index is 742. The molecular weight excluding hydrogens is 358 g/mol. The third-order valence-electron chi connectivity index (χ3n) is 3.88. The predicted molar refractivity (Wildman–Crippen MR) is 103 cm³/mol. The zero-order valence-corrected chi connectivity index (χ0v) is 15.3. The first-order chi connectivity index (χ1) is 12.2. The number of likely N-dealkylation sites (tertiary alicyclic amines) is 1. The minimum atomic E-state index is -0.264. The molecule has 2 heterocycles. The van der Waals surface area contributed by atoms with Crippen molar-refractivity contribution in [3.05, 3.63) is 40.9 Å². The van der Waals surface area contributed by atoms with Gasteiger partial charge in [0.05, 0.1) is 0 Å². The Morgan fingerprint density at radius 3 is 2.80 bits per heavy atom. The molecule has 0 saturated carbocycles. The number of benzene rings is 1. The predicted octanol–water partition coefficient (Wildman–Crippen LogP) is 3.35. The lowest BCUT2D eigenvalue weighted by Crippen LogP contribution is -2.25. The van der Waals surface area contributed by atoms with Crippen molar-refractivity contribution in [1.82, 2.24) is 15.1 Å². The van der Waals surface area contributed by atoms with Crippen molar-refractivity contribution in [2.24, 2.45) is 0 Å². The van der Waals surface area contributed by atoms with Crippen molar-refractivity contribution < 1.29 is 4.79 Å². The number of rotatable bonds is 7. The van der Waals surface area contributed by atoms with Crippen molar-refractivity contribution >= 4 is 45.2 Å². The number of carbonyl (C=O) groups excluding carboxylic acids is 1. The van der Waals surface area contributed by atoms with Gasteiger partial charge in [0, 0.05) is 24.2 Å². The second kappa shape index (κ2) is 8.94. The first-order valence-corrected chi connectivity index (χ1v) is 9.43. The van der Waals surface area contributed by atoms with Gasteiger partial charge in [0.15, 0.2) is 0 Å². The summed E-state index contributed by atoms with van der Waals surface area (Å²) in [6.45, 7) is 4.19. The lowest BCUT2D eigenvalue weighted by Gasteiger charge is -2.13. The maximum atomic E-state index is 12.0. The van der Waals surface area contributed by atoms with E-state index in [-0.39, 0.29) is 5.91 Å². The largest absolute Gasteiger partial charge is 0.359 e. The van der Waals surface area contributed by atoms with Crippen molar-refractivity contribution in [3.8, 4) is 0 Å². The maximum Gasteiger partial charge on any atom is 0.250 e. The summed E-state index contributed by atoms with van der Waals surface area (Å²) in [6.07, 6.45) is 5.68. The zero-order chi connectivity index (χ0) is 17.5. The second-order valence-electron chi connectivity index (χ2n) is 5.73. The summed E-state index contributed by atoms with van der Waals surface area (Å²) in [5.41, 5.74) is 0.792. The molecule has 0 atom stereocenters. The van der Waals surface area contributed by atoms with Crippen LogP contribution in [0, 0.1) is 0 Å². The molecular formula is C17H20ClN5OS. The van der Waals surface area contributed by atoms with Crippen molar-refractivity contribution in [1.29, 1.82) is 0 Å². The van der Waals surface area contributed by atoms with E-state index in [4.69, 9.17) is 11.6 Å². The molecule has 0 unspecified atom stereocenters. The number of carbonyl (C=O) groups is 1. The normalized spacial score (nSPS) is 14.9. The monoisotopic (exact) mass is 377 g/mol. The molecule has 25 heavy (non-hydrogen) atoms. The van der Waals surface area contributed by atoms with Gasteiger partial charge < -0.3 is 10.2 Å². The molecule has 1 aromatic carbocycles. The summed E-state index contributed by atoms with van der Waals surface area (Å²) in [5, 5.41) is 15.8. The molecule has 3 rings (SSSR count). The highest BCUT2D eigenvalue weighted by Gasteiger charge is 2.11. The highest BCUT2D eigenvalue weighted by molar-refractivity contribution is 7.19. The van der Waals surface area contributed by atoms with E-state index in [1.165, 1.54) is 43.3 Å². The van der Waals surface area contributed by atoms with Crippen LogP contribution in [-0.4, -0.2) is 47.2 Å². The Kier molecular flexibility index (Phi) is 6.38. The van der Waals surface area contributed by atoms with Gasteiger partial charge in [-0.3, -0.25) is 10.1 Å². The van der Waals surface area contributed by atoms with Crippen LogP contribution >= 0.6 is 22.9 Å². The zero-order valence-electron chi connectivity index (χ0n) is 13.7. The van der Waals surface area contributed by atoms with E-state index in [9.17, 15) is 4.79 Å². The van der Waals surface area contributed by atoms with Gasteiger partial charge in [-0.2, -0.15) is 0 Å². The van der Waals surface area contributed by atoms with Crippen LogP contribution in [0.3, 0.4) is 0 Å². The average molecular weight is 378 g/mol. The number of hydrogen-bond acceptors (Lipinski definition) is 6. The highest BCUT2D eigenvalue weighted by atomic mass is 35.5. The Hall–Kier alpha value is -1.96. The van der Waals surface area contributed by atoms with E-state index in [1.807, 2.05) is 18.2 Å². The summed E-state index contributed by atoms with van der Waals surface area (Å²) in [6, 6.07) is 7.34. The molecule has 0 radical (unpaired) electrons. The topological polar surface area (TPSA) is 70.1 Å². The Labute approximate surface area is 155 Å². The summed E-state index contributed by atoms with van der Waals surface area (Å²) in [5.74, 6) is -0.264. The van der Waals surface area contributed by atoms with Crippen LogP contribution in [0.25, 0.3) is 6.08 Å². The van der Waals surface area contributed by atoms with Crippen LogP contribution in [0.2, 0.25) is 5.02 Å². The van der Waals surface area contributed by atoms with Gasteiger partial charge in [0.2, 0.25) is 16.2 Å². The molecule has 0 spiro atoms. The molecule has 1 aliphatic rings. The van der Waals surface area contributed by atoms with Crippen molar-refractivity contribution in [3.63, 3.8) is 0 Å². The number of nitrogens with zero attached hydrogens (tertiary/aromatic N) is 3. The van der Waals surface area contributed by atoms with Crippen molar-refractivity contribution in [2.75, 3.05) is 36.8 Å². The number of anilines is 2. The summed E-state index contributed by atoms with van der Waals surface area (Å²) in [7, 11) is 0. The molecule has 1 fully saturated rings. The summed E-state index contributed by atoms with van der Waals surface area (Å²) < 4.78 is 0. The van der Waals surface area contributed by atoms with Crippen LogP contribution < -0.4 is 10.6 Å². The van der Waals surface area contributed by atoms with Gasteiger partial charge in [-0.15, -0.1) is 10.2 Å². The first kappa shape index (κ1) is 17.8. The van der Waals surface area contributed by atoms with Crippen LogP contribution in [-0.2, 0) is 4.79 Å². The molecule has 1 aliphatic heterocycles. The van der Waals surface area contributed by atoms with E-state index in [0.717, 1.165) is 18.7 Å². The lowest BCUT2D eigenvalue weighted by atomic mass is 10.2. The SMILES string of the molecule is O=C(/C=C/c1ccccc1Cl)Nc1nnc(NCCN2CCCC2)s1. The number of amides is 1. The number of aromatic nitrogens is 2. The van der Waals surface area contributed by atoms with E-state index >= 15 is 0 Å².